The van der Waals surface area contributed by atoms with Crippen LogP contribution in [0.4, 0.5) is 0 Å². The number of carbonyl (C=O) groups is 2. The average molecular weight is 256 g/mol. The number of rotatable bonds is 5. The van der Waals surface area contributed by atoms with Gasteiger partial charge in [-0.1, -0.05) is 0 Å². The van der Waals surface area contributed by atoms with Crippen LogP contribution in [0.25, 0.3) is 0 Å². The fourth-order valence-corrected chi connectivity index (χ4v) is 2.40. The van der Waals surface area contributed by atoms with Crippen molar-refractivity contribution in [2.24, 2.45) is 5.41 Å². The second-order valence-electron chi connectivity index (χ2n) is 5.58. The monoisotopic (exact) mass is 256 g/mol. The van der Waals surface area contributed by atoms with Gasteiger partial charge >= 0.3 is 5.97 Å². The highest BCUT2D eigenvalue weighted by molar-refractivity contribution is 5.83. The Hall–Kier alpha value is -1.10. The molecule has 0 aromatic carbocycles. The van der Waals surface area contributed by atoms with E-state index in [1.807, 2.05) is 20.8 Å². The van der Waals surface area contributed by atoms with Gasteiger partial charge in [0.05, 0.1) is 11.8 Å². The van der Waals surface area contributed by atoms with Gasteiger partial charge in [0.15, 0.2) is 0 Å². The number of carboxylic acids is 1. The van der Waals surface area contributed by atoms with E-state index in [1.165, 1.54) is 0 Å². The Balaban J connectivity index is 2.71. The molecule has 5 nitrogen and oxygen atoms in total. The summed E-state index contributed by atoms with van der Waals surface area (Å²) in [5, 5.41) is 12.0. The summed E-state index contributed by atoms with van der Waals surface area (Å²) in [6.07, 6.45) is 1.87. The molecule has 18 heavy (non-hydrogen) atoms. The molecule has 0 bridgehead atoms. The largest absolute Gasteiger partial charge is 0.481 e. The van der Waals surface area contributed by atoms with Crippen LogP contribution in [0.2, 0.25) is 0 Å². The van der Waals surface area contributed by atoms with Crippen LogP contribution in [-0.4, -0.2) is 47.6 Å². The molecule has 1 unspecified atom stereocenters. The first-order valence-corrected chi connectivity index (χ1v) is 6.60. The molecule has 0 aliphatic carbocycles. The molecule has 5 heteroatoms. The van der Waals surface area contributed by atoms with E-state index in [0.717, 1.165) is 19.4 Å². The number of hydrogen-bond acceptors (Lipinski definition) is 3. The maximum absolute atomic E-state index is 12.6. The maximum atomic E-state index is 12.6. The van der Waals surface area contributed by atoms with Crippen LogP contribution in [0.1, 0.15) is 40.0 Å². The standard InChI is InChI=1S/C13H24N2O3/c1-10(2)15(8-5-11(16)17)12(18)13(3)6-4-7-14-9-13/h10,14H,4-9H2,1-3H3,(H,16,17). The maximum Gasteiger partial charge on any atom is 0.305 e. The van der Waals surface area contributed by atoms with Crippen molar-refractivity contribution in [3.8, 4) is 0 Å². The number of nitrogens with one attached hydrogen (secondary N) is 1. The normalized spacial score (nSPS) is 24.0. The number of hydrogen-bond donors (Lipinski definition) is 2. The first kappa shape index (κ1) is 15.0. The summed E-state index contributed by atoms with van der Waals surface area (Å²) in [6.45, 7) is 7.76. The van der Waals surface area contributed by atoms with E-state index in [2.05, 4.69) is 5.32 Å². The third kappa shape index (κ3) is 3.70. The van der Waals surface area contributed by atoms with Crippen LogP contribution in [0.15, 0.2) is 0 Å². The first-order chi connectivity index (χ1) is 8.37. The van der Waals surface area contributed by atoms with Gasteiger partial charge in [-0.25, -0.2) is 0 Å². The van der Waals surface area contributed by atoms with E-state index in [4.69, 9.17) is 5.11 Å². The highest BCUT2D eigenvalue weighted by Gasteiger charge is 2.38. The van der Waals surface area contributed by atoms with Crippen LogP contribution in [-0.2, 0) is 9.59 Å². The van der Waals surface area contributed by atoms with Crippen molar-refractivity contribution in [1.82, 2.24) is 10.2 Å². The zero-order chi connectivity index (χ0) is 13.8. The molecule has 0 radical (unpaired) electrons. The van der Waals surface area contributed by atoms with Gasteiger partial charge in [-0.15, -0.1) is 0 Å². The second-order valence-corrected chi connectivity index (χ2v) is 5.58. The zero-order valence-corrected chi connectivity index (χ0v) is 11.5. The minimum atomic E-state index is -0.861. The van der Waals surface area contributed by atoms with Crippen molar-refractivity contribution in [2.45, 2.75) is 46.1 Å². The number of carbonyl (C=O) groups excluding carboxylic acids is 1. The topological polar surface area (TPSA) is 69.6 Å². The molecule has 1 saturated heterocycles. The van der Waals surface area contributed by atoms with Crippen molar-refractivity contribution < 1.29 is 14.7 Å². The molecule has 1 fully saturated rings. The number of amides is 1. The van der Waals surface area contributed by atoms with E-state index >= 15 is 0 Å². The van der Waals surface area contributed by atoms with E-state index in [9.17, 15) is 9.59 Å². The number of nitrogens with zero attached hydrogens (tertiary/aromatic N) is 1. The number of carboxylic acid groups (broad SMARTS) is 1. The Morgan fingerprint density at radius 2 is 2.11 bits per heavy atom. The van der Waals surface area contributed by atoms with Crippen LogP contribution >= 0.6 is 0 Å². The molecule has 0 spiro atoms. The Bertz CT molecular complexity index is 309. The Labute approximate surface area is 109 Å². The van der Waals surface area contributed by atoms with E-state index in [-0.39, 0.29) is 23.8 Å². The highest BCUT2D eigenvalue weighted by Crippen LogP contribution is 2.28. The summed E-state index contributed by atoms with van der Waals surface area (Å²) in [5.74, 6) is -0.786. The molecule has 1 amide bonds. The van der Waals surface area contributed by atoms with Crippen LogP contribution in [0.3, 0.4) is 0 Å². The molecule has 1 atom stereocenters. The van der Waals surface area contributed by atoms with Crippen molar-refractivity contribution in [3.63, 3.8) is 0 Å². The Kier molecular flexibility index (Phi) is 5.14. The molecule has 104 valence electrons. The summed E-state index contributed by atoms with van der Waals surface area (Å²) in [5.41, 5.74) is -0.388. The highest BCUT2D eigenvalue weighted by atomic mass is 16.4. The average Bonchev–Trinajstić information content (AvgIpc) is 2.29. The third-order valence-electron chi connectivity index (χ3n) is 3.56. The first-order valence-electron chi connectivity index (χ1n) is 6.60. The number of piperidine rings is 1. The minimum Gasteiger partial charge on any atom is -0.481 e. The summed E-state index contributed by atoms with van der Waals surface area (Å²) >= 11 is 0. The molecule has 0 aromatic rings. The lowest BCUT2D eigenvalue weighted by Gasteiger charge is -2.39. The SMILES string of the molecule is CC(C)N(CCC(=O)O)C(=O)C1(C)CCCNC1. The van der Waals surface area contributed by atoms with Crippen LogP contribution in [0.5, 0.6) is 0 Å². The molecular formula is C13H24N2O3. The smallest absolute Gasteiger partial charge is 0.305 e. The van der Waals surface area contributed by atoms with Gasteiger partial charge in [0.1, 0.15) is 0 Å². The summed E-state index contributed by atoms with van der Waals surface area (Å²) < 4.78 is 0. The molecule has 1 rings (SSSR count). The fraction of sp³-hybridized carbons (Fsp3) is 0.846. The van der Waals surface area contributed by atoms with Gasteiger partial charge in [-0.05, 0) is 40.2 Å². The zero-order valence-electron chi connectivity index (χ0n) is 11.5. The molecule has 2 N–H and O–H groups in total. The van der Waals surface area contributed by atoms with Crippen LogP contribution < -0.4 is 5.32 Å². The quantitative estimate of drug-likeness (QED) is 0.772. The van der Waals surface area contributed by atoms with Gasteiger partial charge in [0.25, 0.3) is 0 Å². The lowest BCUT2D eigenvalue weighted by molar-refractivity contribution is -0.145. The predicted octanol–water partition coefficient (Wildman–Crippen LogP) is 1.09. The van der Waals surface area contributed by atoms with E-state index in [0.29, 0.717) is 13.1 Å². The third-order valence-corrected chi connectivity index (χ3v) is 3.56. The van der Waals surface area contributed by atoms with Gasteiger partial charge < -0.3 is 15.3 Å². The van der Waals surface area contributed by atoms with E-state index < -0.39 is 5.97 Å². The van der Waals surface area contributed by atoms with Crippen molar-refractivity contribution in [2.75, 3.05) is 19.6 Å². The van der Waals surface area contributed by atoms with Crippen molar-refractivity contribution in [3.05, 3.63) is 0 Å². The molecule has 1 aliphatic rings. The summed E-state index contributed by atoms with van der Waals surface area (Å²) in [6, 6.07) is 0.0376. The van der Waals surface area contributed by atoms with E-state index in [1.54, 1.807) is 4.90 Å². The minimum absolute atomic E-state index is 0.00737. The van der Waals surface area contributed by atoms with Gasteiger partial charge in [-0.2, -0.15) is 0 Å². The van der Waals surface area contributed by atoms with Crippen molar-refractivity contribution in [1.29, 1.82) is 0 Å². The van der Waals surface area contributed by atoms with Crippen molar-refractivity contribution >= 4 is 11.9 Å². The van der Waals surface area contributed by atoms with Gasteiger partial charge in [0.2, 0.25) is 5.91 Å². The second kappa shape index (κ2) is 6.18. The molecule has 0 aromatic heterocycles. The fourth-order valence-electron chi connectivity index (χ4n) is 2.40. The van der Waals surface area contributed by atoms with Gasteiger partial charge in [0, 0.05) is 19.1 Å². The summed E-state index contributed by atoms with van der Waals surface area (Å²) in [4.78, 5) is 24.9. The van der Waals surface area contributed by atoms with Gasteiger partial charge in [-0.3, -0.25) is 9.59 Å². The predicted molar refractivity (Wildman–Crippen MR) is 69.3 cm³/mol. The lowest BCUT2D eigenvalue weighted by Crippen LogP contribution is -2.52. The molecular weight excluding hydrogens is 232 g/mol. The number of aliphatic carboxylic acids is 1. The molecule has 1 aliphatic heterocycles. The van der Waals surface area contributed by atoms with Crippen LogP contribution in [0, 0.1) is 5.41 Å². The molecule has 0 saturated carbocycles. The summed E-state index contributed by atoms with van der Waals surface area (Å²) in [7, 11) is 0. The lowest BCUT2D eigenvalue weighted by atomic mass is 9.81. The molecule has 1 heterocycles. The Morgan fingerprint density at radius 1 is 1.44 bits per heavy atom. The Morgan fingerprint density at radius 3 is 2.56 bits per heavy atom.